The molecule has 0 saturated heterocycles. The number of thioether (sulfide) groups is 1. The van der Waals surface area contributed by atoms with Gasteiger partial charge in [-0.25, -0.2) is 4.98 Å². The van der Waals surface area contributed by atoms with Crippen molar-refractivity contribution in [3.63, 3.8) is 0 Å². The molecule has 1 unspecified atom stereocenters. The normalized spacial score (nSPS) is 13.3. The van der Waals surface area contributed by atoms with Crippen molar-refractivity contribution in [2.45, 2.75) is 44.6 Å². The third kappa shape index (κ3) is 4.32. The van der Waals surface area contributed by atoms with Crippen LogP contribution in [0.1, 0.15) is 44.3 Å². The van der Waals surface area contributed by atoms with E-state index in [2.05, 4.69) is 18.8 Å². The summed E-state index contributed by atoms with van der Waals surface area (Å²) in [6, 6.07) is 0. The van der Waals surface area contributed by atoms with Crippen LogP contribution in [0.4, 0.5) is 0 Å². The van der Waals surface area contributed by atoms with Gasteiger partial charge in [0.2, 0.25) is 0 Å². The van der Waals surface area contributed by atoms with E-state index in [1.165, 1.54) is 11.8 Å². The summed E-state index contributed by atoms with van der Waals surface area (Å²) < 4.78 is 0. The van der Waals surface area contributed by atoms with Gasteiger partial charge in [0.15, 0.2) is 0 Å². The molecular weight excluding hydrogens is 254 g/mol. The van der Waals surface area contributed by atoms with Crippen LogP contribution >= 0.6 is 23.1 Å². The first-order valence-electron chi connectivity index (χ1n) is 5.70. The number of aliphatic carboxylic acids is 1. The van der Waals surface area contributed by atoms with Gasteiger partial charge in [-0.2, -0.15) is 0 Å². The fourth-order valence-corrected chi connectivity index (χ4v) is 3.34. The number of carboxylic acids is 1. The molecule has 5 heteroatoms. The fraction of sp³-hybridized carbons (Fsp3) is 0.667. The molecule has 1 N–H and O–H groups in total. The molecule has 1 atom stereocenters. The molecule has 0 spiro atoms. The lowest BCUT2D eigenvalue weighted by atomic mass is 10.1. The second-order valence-electron chi connectivity index (χ2n) is 4.65. The van der Waals surface area contributed by atoms with Crippen LogP contribution in [-0.4, -0.2) is 21.3 Å². The number of thiazole rings is 1. The molecule has 1 aromatic rings. The van der Waals surface area contributed by atoms with Gasteiger partial charge in [0.1, 0.15) is 5.25 Å². The van der Waals surface area contributed by atoms with Crippen molar-refractivity contribution < 1.29 is 9.90 Å². The molecule has 1 heterocycles. The van der Waals surface area contributed by atoms with E-state index in [1.54, 1.807) is 11.3 Å². The van der Waals surface area contributed by atoms with Crippen molar-refractivity contribution in [3.8, 4) is 0 Å². The minimum Gasteiger partial charge on any atom is -0.480 e. The Kier molecular flexibility index (Phi) is 5.46. The Hall–Kier alpha value is -0.550. The number of carbonyl (C=O) groups is 1. The van der Waals surface area contributed by atoms with Crippen LogP contribution in [0, 0.1) is 5.92 Å². The molecule has 96 valence electrons. The van der Waals surface area contributed by atoms with E-state index in [0.717, 1.165) is 10.7 Å². The van der Waals surface area contributed by atoms with E-state index < -0.39 is 5.97 Å². The van der Waals surface area contributed by atoms with Crippen molar-refractivity contribution in [1.82, 2.24) is 4.98 Å². The van der Waals surface area contributed by atoms with Crippen LogP contribution in [0.2, 0.25) is 0 Å². The highest BCUT2D eigenvalue weighted by Crippen LogP contribution is 2.26. The Morgan fingerprint density at radius 2 is 2.12 bits per heavy atom. The number of rotatable bonds is 6. The number of hydrogen-bond acceptors (Lipinski definition) is 4. The van der Waals surface area contributed by atoms with Gasteiger partial charge in [0.25, 0.3) is 0 Å². The third-order valence-electron chi connectivity index (χ3n) is 2.32. The average Bonchev–Trinajstić information content (AvgIpc) is 2.65. The van der Waals surface area contributed by atoms with E-state index in [0.29, 0.717) is 11.7 Å². The predicted molar refractivity (Wildman–Crippen MR) is 73.8 cm³/mol. The van der Waals surface area contributed by atoms with E-state index in [-0.39, 0.29) is 11.2 Å². The SMILES string of the molecule is CC(C)c1nc(CSC(C(=O)O)C(C)C)cs1. The smallest absolute Gasteiger partial charge is 0.316 e. The number of hydrogen-bond donors (Lipinski definition) is 1. The molecule has 0 aliphatic carbocycles. The zero-order valence-electron chi connectivity index (χ0n) is 10.6. The average molecular weight is 273 g/mol. The summed E-state index contributed by atoms with van der Waals surface area (Å²) in [4.78, 5) is 15.5. The zero-order chi connectivity index (χ0) is 13.0. The molecule has 0 saturated carbocycles. The minimum absolute atomic E-state index is 0.140. The Bertz CT molecular complexity index is 374. The van der Waals surface area contributed by atoms with Crippen molar-refractivity contribution in [2.24, 2.45) is 5.92 Å². The van der Waals surface area contributed by atoms with Gasteiger partial charge in [-0.05, 0) is 5.92 Å². The minimum atomic E-state index is -0.732. The van der Waals surface area contributed by atoms with E-state index in [9.17, 15) is 4.79 Å². The van der Waals surface area contributed by atoms with Gasteiger partial charge in [-0.3, -0.25) is 4.79 Å². The lowest BCUT2D eigenvalue weighted by Gasteiger charge is -2.14. The summed E-state index contributed by atoms with van der Waals surface area (Å²) >= 11 is 3.11. The number of aromatic nitrogens is 1. The molecule has 3 nitrogen and oxygen atoms in total. The first kappa shape index (κ1) is 14.5. The first-order valence-corrected chi connectivity index (χ1v) is 7.63. The second kappa shape index (κ2) is 6.40. The molecule has 0 aliphatic heterocycles. The Balaban J connectivity index is 2.56. The maximum Gasteiger partial charge on any atom is 0.316 e. The molecule has 0 fully saturated rings. The first-order chi connectivity index (χ1) is 7.91. The highest BCUT2D eigenvalue weighted by Gasteiger charge is 2.22. The van der Waals surface area contributed by atoms with Crippen LogP contribution < -0.4 is 0 Å². The summed E-state index contributed by atoms with van der Waals surface area (Å²) in [5.74, 6) is 0.530. The molecule has 0 bridgehead atoms. The highest BCUT2D eigenvalue weighted by molar-refractivity contribution is 7.99. The van der Waals surface area contributed by atoms with Crippen molar-refractivity contribution in [1.29, 1.82) is 0 Å². The molecule has 1 aromatic heterocycles. The Morgan fingerprint density at radius 1 is 1.47 bits per heavy atom. The summed E-state index contributed by atoms with van der Waals surface area (Å²) in [5, 5.41) is 11.9. The second-order valence-corrected chi connectivity index (χ2v) is 6.67. The maximum atomic E-state index is 11.0. The van der Waals surface area contributed by atoms with Gasteiger partial charge in [0, 0.05) is 17.1 Å². The largest absolute Gasteiger partial charge is 0.480 e. The monoisotopic (exact) mass is 273 g/mol. The van der Waals surface area contributed by atoms with Gasteiger partial charge < -0.3 is 5.11 Å². The summed E-state index contributed by atoms with van der Waals surface area (Å²) in [5.41, 5.74) is 0.996. The number of nitrogens with zero attached hydrogens (tertiary/aromatic N) is 1. The van der Waals surface area contributed by atoms with Gasteiger partial charge >= 0.3 is 5.97 Å². The van der Waals surface area contributed by atoms with E-state index in [4.69, 9.17) is 5.11 Å². The van der Waals surface area contributed by atoms with Crippen molar-refractivity contribution in [2.75, 3.05) is 0 Å². The zero-order valence-corrected chi connectivity index (χ0v) is 12.3. The predicted octanol–water partition coefficient (Wildman–Crippen LogP) is 3.61. The standard InChI is InChI=1S/C12H19NO2S2/c1-7(2)10(12(14)15)16-5-9-6-17-11(13-9)8(3)4/h6-8,10H,5H2,1-4H3,(H,14,15). The van der Waals surface area contributed by atoms with Gasteiger partial charge in [-0.1, -0.05) is 27.7 Å². The quantitative estimate of drug-likeness (QED) is 0.860. The van der Waals surface area contributed by atoms with Crippen LogP contribution in [-0.2, 0) is 10.5 Å². The fourth-order valence-electron chi connectivity index (χ4n) is 1.38. The Labute approximate surface area is 111 Å². The van der Waals surface area contributed by atoms with Crippen LogP contribution in [0.25, 0.3) is 0 Å². The molecule has 1 rings (SSSR count). The van der Waals surface area contributed by atoms with Crippen LogP contribution in [0.15, 0.2) is 5.38 Å². The molecular formula is C12H19NO2S2. The van der Waals surface area contributed by atoms with E-state index >= 15 is 0 Å². The van der Waals surface area contributed by atoms with Crippen molar-refractivity contribution >= 4 is 29.1 Å². The number of carboxylic acid groups (broad SMARTS) is 1. The summed E-state index contributed by atoms with van der Waals surface area (Å²) in [7, 11) is 0. The van der Waals surface area contributed by atoms with Crippen LogP contribution in [0.3, 0.4) is 0 Å². The summed E-state index contributed by atoms with van der Waals surface area (Å²) in [6.45, 7) is 8.10. The lowest BCUT2D eigenvalue weighted by Crippen LogP contribution is -2.22. The topological polar surface area (TPSA) is 50.2 Å². The highest BCUT2D eigenvalue weighted by atomic mass is 32.2. The maximum absolute atomic E-state index is 11.0. The molecule has 0 amide bonds. The molecule has 17 heavy (non-hydrogen) atoms. The van der Waals surface area contributed by atoms with Gasteiger partial charge in [0.05, 0.1) is 10.7 Å². The van der Waals surface area contributed by atoms with Crippen molar-refractivity contribution in [3.05, 3.63) is 16.1 Å². The molecule has 0 aromatic carbocycles. The third-order valence-corrected chi connectivity index (χ3v) is 5.08. The summed E-state index contributed by atoms with van der Waals surface area (Å²) in [6.07, 6.45) is 0. The molecule has 0 radical (unpaired) electrons. The Morgan fingerprint density at radius 3 is 2.53 bits per heavy atom. The van der Waals surface area contributed by atoms with Gasteiger partial charge in [-0.15, -0.1) is 23.1 Å². The molecule has 0 aliphatic rings. The van der Waals surface area contributed by atoms with E-state index in [1.807, 2.05) is 19.2 Å². The lowest BCUT2D eigenvalue weighted by molar-refractivity contribution is -0.137. The van der Waals surface area contributed by atoms with Crippen LogP contribution in [0.5, 0.6) is 0 Å².